The molecule has 2 N–H and O–H groups in total. The summed E-state index contributed by atoms with van der Waals surface area (Å²) in [5.74, 6) is 1.48. The minimum Gasteiger partial charge on any atom is -0.353 e. The first-order valence-corrected chi connectivity index (χ1v) is 8.26. The molecule has 1 amide bonds. The van der Waals surface area contributed by atoms with Crippen LogP contribution in [0.2, 0.25) is 0 Å². The van der Waals surface area contributed by atoms with E-state index in [1.54, 1.807) is 0 Å². The first-order chi connectivity index (χ1) is 9.25. The summed E-state index contributed by atoms with van der Waals surface area (Å²) in [5.41, 5.74) is 0. The second-order valence-corrected chi connectivity index (χ2v) is 6.54. The van der Waals surface area contributed by atoms with E-state index in [4.69, 9.17) is 0 Å². The molecule has 1 heterocycles. The van der Waals surface area contributed by atoms with Gasteiger partial charge in [0.2, 0.25) is 5.91 Å². The van der Waals surface area contributed by atoms with Crippen LogP contribution in [0.3, 0.4) is 0 Å². The van der Waals surface area contributed by atoms with E-state index in [1.807, 2.05) is 0 Å². The maximum atomic E-state index is 12.1. The normalized spacial score (nSPS) is 27.5. The van der Waals surface area contributed by atoms with Gasteiger partial charge in [0, 0.05) is 12.5 Å². The lowest BCUT2D eigenvalue weighted by Crippen LogP contribution is -2.38. The quantitative estimate of drug-likeness (QED) is 0.768. The van der Waals surface area contributed by atoms with Crippen molar-refractivity contribution in [2.24, 2.45) is 11.8 Å². The number of amides is 1. The summed E-state index contributed by atoms with van der Waals surface area (Å²) in [5, 5.41) is 6.72. The van der Waals surface area contributed by atoms with Gasteiger partial charge >= 0.3 is 0 Å². The zero-order valence-electron chi connectivity index (χ0n) is 12.4. The third-order valence-corrected chi connectivity index (χ3v) is 4.87. The molecule has 3 heteroatoms. The Kier molecular flexibility index (Phi) is 6.15. The van der Waals surface area contributed by atoms with Crippen molar-refractivity contribution in [1.82, 2.24) is 10.6 Å². The fourth-order valence-electron chi connectivity index (χ4n) is 3.53. The highest BCUT2D eigenvalue weighted by Crippen LogP contribution is 2.23. The van der Waals surface area contributed by atoms with Gasteiger partial charge in [-0.2, -0.15) is 0 Å². The van der Waals surface area contributed by atoms with E-state index in [0.717, 1.165) is 13.1 Å². The van der Waals surface area contributed by atoms with Crippen molar-refractivity contribution in [1.29, 1.82) is 0 Å². The summed E-state index contributed by atoms with van der Waals surface area (Å²) in [6.07, 6.45) is 10.9. The Morgan fingerprint density at radius 2 is 1.89 bits per heavy atom. The average molecular weight is 266 g/mol. The van der Waals surface area contributed by atoms with Crippen molar-refractivity contribution >= 4 is 5.91 Å². The van der Waals surface area contributed by atoms with Gasteiger partial charge in [-0.1, -0.05) is 32.6 Å². The Hall–Kier alpha value is -0.570. The molecule has 2 fully saturated rings. The molecule has 1 saturated carbocycles. The van der Waals surface area contributed by atoms with E-state index in [-0.39, 0.29) is 5.91 Å². The minimum absolute atomic E-state index is 0.282. The number of rotatable bonds is 4. The Balaban J connectivity index is 1.70. The molecule has 0 radical (unpaired) electrons. The van der Waals surface area contributed by atoms with E-state index < -0.39 is 0 Å². The summed E-state index contributed by atoms with van der Waals surface area (Å²) >= 11 is 0. The molecular formula is C16H30N2O. The first-order valence-electron chi connectivity index (χ1n) is 8.26. The summed E-state index contributed by atoms with van der Waals surface area (Å²) in [6.45, 7) is 4.49. The predicted octanol–water partition coefficient (Wildman–Crippen LogP) is 2.85. The Morgan fingerprint density at radius 3 is 2.53 bits per heavy atom. The molecule has 0 aromatic carbocycles. The molecule has 19 heavy (non-hydrogen) atoms. The summed E-state index contributed by atoms with van der Waals surface area (Å²) < 4.78 is 0. The largest absolute Gasteiger partial charge is 0.353 e. The monoisotopic (exact) mass is 266 g/mol. The number of nitrogens with one attached hydrogen (secondary N) is 2. The van der Waals surface area contributed by atoms with Gasteiger partial charge in [0.25, 0.3) is 0 Å². The molecule has 1 aliphatic heterocycles. The van der Waals surface area contributed by atoms with Crippen molar-refractivity contribution in [2.75, 3.05) is 13.1 Å². The van der Waals surface area contributed by atoms with Crippen LogP contribution >= 0.6 is 0 Å². The van der Waals surface area contributed by atoms with Crippen LogP contribution in [-0.2, 0) is 4.79 Å². The molecule has 0 aromatic rings. The van der Waals surface area contributed by atoms with Gasteiger partial charge < -0.3 is 10.6 Å². The van der Waals surface area contributed by atoms with Crippen LogP contribution in [0.25, 0.3) is 0 Å². The Labute approximate surface area is 117 Å². The van der Waals surface area contributed by atoms with Crippen LogP contribution in [0.5, 0.6) is 0 Å². The zero-order valence-corrected chi connectivity index (χ0v) is 12.4. The molecule has 1 aliphatic carbocycles. The molecule has 0 aromatic heterocycles. The molecular weight excluding hydrogens is 236 g/mol. The van der Waals surface area contributed by atoms with Crippen LogP contribution in [0, 0.1) is 11.8 Å². The Morgan fingerprint density at radius 1 is 1.16 bits per heavy atom. The summed E-state index contributed by atoms with van der Waals surface area (Å²) in [7, 11) is 0. The van der Waals surface area contributed by atoms with Gasteiger partial charge in [-0.3, -0.25) is 4.79 Å². The van der Waals surface area contributed by atoms with E-state index in [9.17, 15) is 4.79 Å². The predicted molar refractivity (Wildman–Crippen MR) is 79.0 cm³/mol. The van der Waals surface area contributed by atoms with Gasteiger partial charge in [0.1, 0.15) is 0 Å². The lowest BCUT2D eigenvalue weighted by molar-refractivity contribution is -0.123. The molecule has 2 aliphatic rings. The van der Waals surface area contributed by atoms with Crippen molar-refractivity contribution < 1.29 is 4.79 Å². The standard InChI is InChI=1S/C16H30N2O/c1-13(14-7-6-10-17-12-14)11-16(19)18-15-8-4-2-3-5-9-15/h13-15,17H,2-12H2,1H3,(H,18,19). The lowest BCUT2D eigenvalue weighted by atomic mass is 9.85. The van der Waals surface area contributed by atoms with E-state index in [2.05, 4.69) is 17.6 Å². The number of carbonyl (C=O) groups is 1. The van der Waals surface area contributed by atoms with Gasteiger partial charge in [-0.15, -0.1) is 0 Å². The molecule has 0 bridgehead atoms. The van der Waals surface area contributed by atoms with Gasteiger partial charge in [-0.25, -0.2) is 0 Å². The van der Waals surface area contributed by atoms with Crippen LogP contribution < -0.4 is 10.6 Å². The highest BCUT2D eigenvalue weighted by Gasteiger charge is 2.23. The third-order valence-electron chi connectivity index (χ3n) is 4.87. The fourth-order valence-corrected chi connectivity index (χ4v) is 3.53. The number of hydrogen-bond donors (Lipinski definition) is 2. The number of carbonyl (C=O) groups excluding carboxylic acids is 1. The zero-order chi connectivity index (χ0) is 13.5. The SMILES string of the molecule is CC(CC(=O)NC1CCCCCC1)C1CCCNC1. The molecule has 2 rings (SSSR count). The topological polar surface area (TPSA) is 41.1 Å². The second kappa shape index (κ2) is 7.88. The number of hydrogen-bond acceptors (Lipinski definition) is 2. The van der Waals surface area contributed by atoms with Crippen molar-refractivity contribution in [3.8, 4) is 0 Å². The van der Waals surface area contributed by atoms with Gasteiger partial charge in [0.15, 0.2) is 0 Å². The van der Waals surface area contributed by atoms with E-state index >= 15 is 0 Å². The fraction of sp³-hybridized carbons (Fsp3) is 0.938. The van der Waals surface area contributed by atoms with Crippen molar-refractivity contribution in [3.05, 3.63) is 0 Å². The molecule has 2 atom stereocenters. The first kappa shape index (κ1) is 14.8. The van der Waals surface area contributed by atoms with Crippen LogP contribution in [0.15, 0.2) is 0 Å². The maximum absolute atomic E-state index is 12.1. The minimum atomic E-state index is 0.282. The second-order valence-electron chi connectivity index (χ2n) is 6.54. The summed E-state index contributed by atoms with van der Waals surface area (Å²) in [4.78, 5) is 12.1. The summed E-state index contributed by atoms with van der Waals surface area (Å²) in [6, 6.07) is 0.451. The molecule has 0 spiro atoms. The van der Waals surface area contributed by atoms with Crippen molar-refractivity contribution in [2.45, 2.75) is 70.8 Å². The lowest BCUT2D eigenvalue weighted by Gasteiger charge is -2.28. The molecule has 2 unspecified atom stereocenters. The van der Waals surface area contributed by atoms with Crippen LogP contribution in [0.4, 0.5) is 0 Å². The van der Waals surface area contributed by atoms with Crippen LogP contribution in [-0.4, -0.2) is 25.0 Å². The highest BCUT2D eigenvalue weighted by molar-refractivity contribution is 5.76. The van der Waals surface area contributed by atoms with Gasteiger partial charge in [-0.05, 0) is 50.6 Å². The molecule has 3 nitrogen and oxygen atoms in total. The van der Waals surface area contributed by atoms with E-state index in [0.29, 0.717) is 24.3 Å². The number of piperidine rings is 1. The molecule has 1 saturated heterocycles. The van der Waals surface area contributed by atoms with Gasteiger partial charge in [0.05, 0.1) is 0 Å². The third kappa shape index (κ3) is 5.13. The average Bonchev–Trinajstić information content (AvgIpc) is 2.68. The van der Waals surface area contributed by atoms with E-state index in [1.165, 1.54) is 51.4 Å². The Bertz CT molecular complexity index is 266. The van der Waals surface area contributed by atoms with Crippen LogP contribution in [0.1, 0.15) is 64.7 Å². The maximum Gasteiger partial charge on any atom is 0.220 e. The molecule has 110 valence electrons. The smallest absolute Gasteiger partial charge is 0.220 e. The van der Waals surface area contributed by atoms with Crippen molar-refractivity contribution in [3.63, 3.8) is 0 Å². The highest BCUT2D eigenvalue weighted by atomic mass is 16.1.